The summed E-state index contributed by atoms with van der Waals surface area (Å²) in [6.07, 6.45) is 3.38. The molecule has 58 valence electrons. The lowest BCUT2D eigenvalue weighted by molar-refractivity contribution is -0.877. The van der Waals surface area contributed by atoms with Crippen molar-refractivity contribution in [3.8, 4) is 6.26 Å². The van der Waals surface area contributed by atoms with Gasteiger partial charge in [-0.15, -0.1) is 0 Å². The average Bonchev–Trinajstić information content (AvgIpc) is 2.16. The van der Waals surface area contributed by atoms with Crippen molar-refractivity contribution in [2.24, 2.45) is 0 Å². The smallest absolute Gasteiger partial charge is 0.0784 e. The predicted molar refractivity (Wildman–Crippen MR) is 36.7 cm³/mol. The second-order valence-corrected chi connectivity index (χ2v) is 3.18. The maximum absolute atomic E-state index is 8.24. The van der Waals surface area contributed by atoms with Gasteiger partial charge in [-0.2, -0.15) is 0 Å². The van der Waals surface area contributed by atoms with Gasteiger partial charge in [0.05, 0.1) is 27.2 Å². The summed E-state index contributed by atoms with van der Waals surface area (Å²) in [6, 6.07) is 0. The first kappa shape index (κ1) is 9.25. The molecule has 0 aromatic heterocycles. The van der Waals surface area contributed by atoms with Crippen LogP contribution in [0.4, 0.5) is 0 Å². The minimum Gasteiger partial charge on any atom is -0.812 e. The van der Waals surface area contributed by atoms with Crippen molar-refractivity contribution in [1.29, 1.82) is 5.26 Å². The van der Waals surface area contributed by atoms with Gasteiger partial charge in [0.15, 0.2) is 0 Å². The van der Waals surface area contributed by atoms with E-state index < -0.39 is 0 Å². The Morgan fingerprint density at radius 2 is 1.60 bits per heavy atom. The topological polar surface area (TPSA) is 46.8 Å². The summed E-state index contributed by atoms with van der Waals surface area (Å²) >= 11 is 0. The van der Waals surface area contributed by atoms with Crippen LogP contribution in [0.2, 0.25) is 0 Å². The second-order valence-electron chi connectivity index (χ2n) is 3.18. The zero-order chi connectivity index (χ0) is 8.04. The summed E-state index contributed by atoms with van der Waals surface area (Å²) in [5.74, 6) is 0. The molecule has 0 aromatic rings. The molecule has 0 saturated carbocycles. The molecule has 0 aromatic carbocycles. The molecule has 0 amide bonds. The Labute approximate surface area is 62.1 Å². The largest absolute Gasteiger partial charge is 0.812 e. The summed E-state index contributed by atoms with van der Waals surface area (Å²) in [7, 11) is 4.60. The first-order valence-corrected chi connectivity index (χ1v) is 3.45. The molecule has 3 heteroatoms. The van der Waals surface area contributed by atoms with Gasteiger partial charge in [-0.3, -0.25) is 0 Å². The molecule has 0 unspecified atom stereocenters. The first-order valence-electron chi connectivity index (χ1n) is 3.45. The van der Waals surface area contributed by atoms with E-state index in [0.717, 1.165) is 0 Å². The maximum Gasteiger partial charge on any atom is 0.0784 e. The van der Waals surface area contributed by atoms with Gasteiger partial charge in [0.1, 0.15) is 0 Å². The number of nitrogens with zero attached hydrogens (tertiary/aromatic N) is 2. The standard InChI is InChI=1S/C6H14N.CHNO/c1-7(2)5-3-4-6-7;2-1-3/h3-6H2,1-2H3;3H/q+1;/p-1. The Hall–Kier alpha value is -0.750. The fraction of sp³-hybridized carbons (Fsp3) is 0.857. The summed E-state index contributed by atoms with van der Waals surface area (Å²) in [5.41, 5.74) is 0. The molecule has 1 saturated heterocycles. The Balaban J connectivity index is 0.000000236. The Morgan fingerprint density at radius 1 is 1.30 bits per heavy atom. The Kier molecular flexibility index (Phi) is 3.82. The highest BCUT2D eigenvalue weighted by molar-refractivity contribution is 4.46. The number of hydrogen-bond acceptors (Lipinski definition) is 2. The molecular formula is C7H14N2O. The zero-order valence-electron chi connectivity index (χ0n) is 6.63. The normalized spacial score (nSPS) is 20.5. The lowest BCUT2D eigenvalue weighted by Crippen LogP contribution is -2.35. The Morgan fingerprint density at radius 3 is 1.70 bits per heavy atom. The predicted octanol–water partition coefficient (Wildman–Crippen LogP) is -0.316. The molecule has 0 bridgehead atoms. The van der Waals surface area contributed by atoms with Gasteiger partial charge in [0.2, 0.25) is 0 Å². The highest BCUT2D eigenvalue weighted by Gasteiger charge is 2.19. The SMILES string of the molecule is C[N+]1(C)CCCC1.N#C[O-]. The third-order valence-corrected chi connectivity index (χ3v) is 1.78. The van der Waals surface area contributed by atoms with Gasteiger partial charge in [0, 0.05) is 19.1 Å². The van der Waals surface area contributed by atoms with Crippen molar-refractivity contribution in [3.05, 3.63) is 0 Å². The minimum atomic E-state index is 0.500. The van der Waals surface area contributed by atoms with E-state index in [1.165, 1.54) is 30.4 Å². The van der Waals surface area contributed by atoms with Crippen LogP contribution in [0, 0.1) is 11.5 Å². The molecular weight excluding hydrogens is 128 g/mol. The van der Waals surface area contributed by atoms with Gasteiger partial charge >= 0.3 is 0 Å². The summed E-state index contributed by atoms with van der Waals surface area (Å²) < 4.78 is 1.25. The van der Waals surface area contributed by atoms with Gasteiger partial charge < -0.3 is 9.59 Å². The molecule has 0 spiro atoms. The number of nitriles is 1. The fourth-order valence-corrected chi connectivity index (χ4v) is 1.19. The van der Waals surface area contributed by atoms with Crippen LogP contribution in [0.5, 0.6) is 0 Å². The average molecular weight is 142 g/mol. The number of rotatable bonds is 0. The quantitative estimate of drug-likeness (QED) is 0.344. The van der Waals surface area contributed by atoms with Crippen LogP contribution in [-0.4, -0.2) is 31.7 Å². The monoisotopic (exact) mass is 142 g/mol. The van der Waals surface area contributed by atoms with Gasteiger partial charge in [-0.25, -0.2) is 5.26 Å². The summed E-state index contributed by atoms with van der Waals surface area (Å²) in [4.78, 5) is 0. The number of hydrogen-bond donors (Lipinski definition) is 0. The van der Waals surface area contributed by atoms with Crippen molar-refractivity contribution in [1.82, 2.24) is 0 Å². The van der Waals surface area contributed by atoms with E-state index in [2.05, 4.69) is 14.1 Å². The van der Waals surface area contributed by atoms with E-state index in [0.29, 0.717) is 6.26 Å². The van der Waals surface area contributed by atoms with Gasteiger partial charge in [0.25, 0.3) is 0 Å². The highest BCUT2D eigenvalue weighted by atomic mass is 16.2. The van der Waals surface area contributed by atoms with E-state index in [1.807, 2.05) is 0 Å². The Bertz CT molecular complexity index is 118. The highest BCUT2D eigenvalue weighted by Crippen LogP contribution is 2.11. The van der Waals surface area contributed by atoms with Crippen LogP contribution in [0.25, 0.3) is 0 Å². The zero-order valence-corrected chi connectivity index (χ0v) is 6.63. The lowest BCUT2D eigenvalue weighted by atomic mass is 10.4. The molecule has 0 aliphatic carbocycles. The van der Waals surface area contributed by atoms with E-state index in [1.54, 1.807) is 0 Å². The van der Waals surface area contributed by atoms with Gasteiger partial charge in [-0.05, 0) is 0 Å². The van der Waals surface area contributed by atoms with Crippen LogP contribution < -0.4 is 5.11 Å². The molecule has 10 heavy (non-hydrogen) atoms. The molecule has 1 aliphatic heterocycles. The van der Waals surface area contributed by atoms with E-state index in [4.69, 9.17) is 10.4 Å². The molecule has 1 rings (SSSR count). The van der Waals surface area contributed by atoms with Crippen molar-refractivity contribution in [2.45, 2.75) is 12.8 Å². The van der Waals surface area contributed by atoms with Crippen LogP contribution >= 0.6 is 0 Å². The third kappa shape index (κ3) is 4.16. The van der Waals surface area contributed by atoms with E-state index in [9.17, 15) is 0 Å². The van der Waals surface area contributed by atoms with Crippen molar-refractivity contribution in [3.63, 3.8) is 0 Å². The first-order chi connectivity index (χ1) is 4.62. The molecule has 0 radical (unpaired) electrons. The molecule has 0 atom stereocenters. The number of likely N-dealkylation sites (tertiary alicyclic amines) is 1. The van der Waals surface area contributed by atoms with Crippen molar-refractivity contribution < 1.29 is 9.59 Å². The van der Waals surface area contributed by atoms with Crippen LogP contribution in [0.1, 0.15) is 12.8 Å². The summed E-state index contributed by atoms with van der Waals surface area (Å²) in [6.45, 7) is 2.78. The maximum atomic E-state index is 8.24. The van der Waals surface area contributed by atoms with Crippen molar-refractivity contribution in [2.75, 3.05) is 27.2 Å². The summed E-state index contributed by atoms with van der Waals surface area (Å²) in [5, 5.41) is 15.0. The molecule has 0 N–H and O–H groups in total. The molecule has 1 fully saturated rings. The van der Waals surface area contributed by atoms with Crippen LogP contribution in [0.15, 0.2) is 0 Å². The lowest BCUT2D eigenvalue weighted by Gasteiger charge is -2.21. The van der Waals surface area contributed by atoms with Gasteiger partial charge in [-0.1, -0.05) is 0 Å². The fourth-order valence-electron chi connectivity index (χ4n) is 1.19. The van der Waals surface area contributed by atoms with E-state index in [-0.39, 0.29) is 0 Å². The molecule has 3 nitrogen and oxygen atoms in total. The van der Waals surface area contributed by atoms with Crippen molar-refractivity contribution >= 4 is 0 Å². The van der Waals surface area contributed by atoms with Crippen LogP contribution in [0.3, 0.4) is 0 Å². The third-order valence-electron chi connectivity index (χ3n) is 1.78. The minimum absolute atomic E-state index is 0.500. The molecule has 1 heterocycles. The number of quaternary nitrogens is 1. The molecule has 1 aliphatic rings. The second kappa shape index (κ2) is 4.13. The van der Waals surface area contributed by atoms with E-state index >= 15 is 0 Å². The van der Waals surface area contributed by atoms with Crippen LogP contribution in [-0.2, 0) is 0 Å².